The third kappa shape index (κ3) is 3.99. The van der Waals surface area contributed by atoms with Gasteiger partial charge in [0.25, 0.3) is 0 Å². The molecule has 1 amide bonds. The zero-order valence-corrected chi connectivity index (χ0v) is 15.4. The van der Waals surface area contributed by atoms with E-state index in [0.29, 0.717) is 5.75 Å². The first-order valence-corrected chi connectivity index (χ1v) is 9.11. The van der Waals surface area contributed by atoms with Crippen LogP contribution in [0.2, 0.25) is 0 Å². The van der Waals surface area contributed by atoms with Gasteiger partial charge >= 0.3 is 0 Å². The van der Waals surface area contributed by atoms with Gasteiger partial charge in [-0.3, -0.25) is 4.79 Å². The highest BCUT2D eigenvalue weighted by Crippen LogP contribution is 2.29. The lowest BCUT2D eigenvalue weighted by Gasteiger charge is -2.12. The van der Waals surface area contributed by atoms with Crippen LogP contribution in [0.5, 0.6) is 5.75 Å². The molecule has 1 unspecified atom stereocenters. The quantitative estimate of drug-likeness (QED) is 0.650. The molecule has 130 valence electrons. The van der Waals surface area contributed by atoms with E-state index in [4.69, 9.17) is 9.15 Å². The third-order valence-corrected chi connectivity index (χ3v) is 5.09. The molecule has 0 fully saturated rings. The van der Waals surface area contributed by atoms with E-state index in [-0.39, 0.29) is 11.9 Å². The standard InChI is InChI=1S/C20H21NO3S/c1-13-17-6-4-5-7-18(17)24-20(13)14(2)21-19(22)12-25-16-10-8-15(23-3)9-11-16/h4-11,14H,12H2,1-3H3,(H,21,22). The number of amides is 1. The molecule has 0 spiro atoms. The van der Waals surface area contributed by atoms with Gasteiger partial charge in [0.1, 0.15) is 17.1 Å². The third-order valence-electron chi connectivity index (χ3n) is 4.08. The molecule has 3 aromatic rings. The first-order chi connectivity index (χ1) is 12.1. The molecule has 0 saturated carbocycles. The van der Waals surface area contributed by atoms with Gasteiger partial charge in [0.2, 0.25) is 5.91 Å². The average molecular weight is 355 g/mol. The van der Waals surface area contributed by atoms with Crippen LogP contribution in [0, 0.1) is 6.92 Å². The Morgan fingerprint density at radius 2 is 1.92 bits per heavy atom. The van der Waals surface area contributed by atoms with Crippen LogP contribution in [0.4, 0.5) is 0 Å². The van der Waals surface area contributed by atoms with E-state index in [9.17, 15) is 4.79 Å². The number of furan rings is 1. The topological polar surface area (TPSA) is 51.5 Å². The summed E-state index contributed by atoms with van der Waals surface area (Å²) in [5.41, 5.74) is 1.93. The molecule has 0 saturated heterocycles. The summed E-state index contributed by atoms with van der Waals surface area (Å²) < 4.78 is 11.0. The van der Waals surface area contributed by atoms with Gasteiger partial charge in [0, 0.05) is 15.8 Å². The monoisotopic (exact) mass is 355 g/mol. The molecule has 25 heavy (non-hydrogen) atoms. The van der Waals surface area contributed by atoms with Gasteiger partial charge in [-0.05, 0) is 44.2 Å². The molecule has 3 rings (SSSR count). The summed E-state index contributed by atoms with van der Waals surface area (Å²) in [7, 11) is 1.64. The SMILES string of the molecule is COc1ccc(SCC(=O)NC(C)c2oc3ccccc3c2C)cc1. The Morgan fingerprint density at radius 1 is 1.20 bits per heavy atom. The number of fused-ring (bicyclic) bond motifs is 1. The fraction of sp³-hybridized carbons (Fsp3) is 0.250. The van der Waals surface area contributed by atoms with Gasteiger partial charge in [-0.25, -0.2) is 0 Å². The molecule has 0 aliphatic heterocycles. The van der Waals surface area contributed by atoms with Gasteiger partial charge in [-0.2, -0.15) is 0 Å². The van der Waals surface area contributed by atoms with Crippen LogP contribution in [0.3, 0.4) is 0 Å². The second kappa shape index (κ2) is 7.66. The van der Waals surface area contributed by atoms with E-state index in [1.54, 1.807) is 7.11 Å². The number of nitrogens with one attached hydrogen (secondary N) is 1. The predicted molar refractivity (Wildman–Crippen MR) is 101 cm³/mol. The highest BCUT2D eigenvalue weighted by atomic mass is 32.2. The number of carbonyl (C=O) groups is 1. The van der Waals surface area contributed by atoms with E-state index in [1.165, 1.54) is 11.8 Å². The minimum absolute atomic E-state index is 0.0202. The summed E-state index contributed by atoms with van der Waals surface area (Å²) in [4.78, 5) is 13.3. The molecule has 1 atom stereocenters. The summed E-state index contributed by atoms with van der Waals surface area (Å²) in [6, 6.07) is 15.4. The van der Waals surface area contributed by atoms with E-state index in [2.05, 4.69) is 5.32 Å². The lowest BCUT2D eigenvalue weighted by atomic mass is 10.1. The van der Waals surface area contributed by atoms with Crippen molar-refractivity contribution in [3.63, 3.8) is 0 Å². The van der Waals surface area contributed by atoms with Crippen molar-refractivity contribution < 1.29 is 13.9 Å². The molecular weight excluding hydrogens is 334 g/mol. The average Bonchev–Trinajstić information content (AvgIpc) is 2.98. The van der Waals surface area contributed by atoms with Gasteiger partial charge in [-0.1, -0.05) is 18.2 Å². The molecule has 1 heterocycles. The molecule has 2 aromatic carbocycles. The van der Waals surface area contributed by atoms with Crippen LogP contribution in [0.25, 0.3) is 11.0 Å². The lowest BCUT2D eigenvalue weighted by Crippen LogP contribution is -2.28. The molecular formula is C20H21NO3S. The van der Waals surface area contributed by atoms with Crippen LogP contribution in [-0.2, 0) is 4.79 Å². The molecule has 0 bridgehead atoms. The number of carbonyl (C=O) groups excluding carboxylic acids is 1. The van der Waals surface area contributed by atoms with Gasteiger partial charge < -0.3 is 14.5 Å². The van der Waals surface area contributed by atoms with E-state index in [1.807, 2.05) is 62.4 Å². The summed E-state index contributed by atoms with van der Waals surface area (Å²) >= 11 is 1.50. The Balaban J connectivity index is 1.60. The predicted octanol–water partition coefficient (Wildman–Crippen LogP) is 4.72. The van der Waals surface area contributed by atoms with Gasteiger partial charge in [0.05, 0.1) is 18.9 Å². The molecule has 1 aromatic heterocycles. The molecule has 4 nitrogen and oxygen atoms in total. The Morgan fingerprint density at radius 3 is 2.60 bits per heavy atom. The molecule has 0 aliphatic rings. The number of thioether (sulfide) groups is 1. The van der Waals surface area contributed by atoms with E-state index in [0.717, 1.165) is 32.9 Å². The minimum atomic E-state index is -0.170. The highest BCUT2D eigenvalue weighted by Gasteiger charge is 2.18. The molecule has 1 N–H and O–H groups in total. The normalized spacial score (nSPS) is 12.1. The number of ether oxygens (including phenoxy) is 1. The van der Waals surface area contributed by atoms with Crippen molar-refractivity contribution in [2.24, 2.45) is 0 Å². The minimum Gasteiger partial charge on any atom is -0.497 e. The summed E-state index contributed by atoms with van der Waals surface area (Å²) in [5, 5.41) is 4.10. The second-order valence-electron chi connectivity index (χ2n) is 5.84. The summed E-state index contributed by atoms with van der Waals surface area (Å²) in [6.07, 6.45) is 0. The number of para-hydroxylation sites is 1. The van der Waals surface area contributed by atoms with Gasteiger partial charge in [0.15, 0.2) is 0 Å². The smallest absolute Gasteiger partial charge is 0.230 e. The lowest BCUT2D eigenvalue weighted by molar-refractivity contribution is -0.119. The molecule has 5 heteroatoms. The fourth-order valence-electron chi connectivity index (χ4n) is 2.78. The Labute approximate surface area is 151 Å². The Hall–Kier alpha value is -2.40. The van der Waals surface area contributed by atoms with Crippen LogP contribution in [0.15, 0.2) is 57.8 Å². The number of benzene rings is 2. The van der Waals surface area contributed by atoms with Crippen LogP contribution in [0.1, 0.15) is 24.3 Å². The number of hydrogen-bond donors (Lipinski definition) is 1. The van der Waals surface area contributed by atoms with Crippen molar-refractivity contribution in [3.05, 3.63) is 59.9 Å². The first-order valence-electron chi connectivity index (χ1n) is 8.12. The first kappa shape index (κ1) is 17.4. The zero-order valence-electron chi connectivity index (χ0n) is 14.5. The van der Waals surface area contributed by atoms with E-state index >= 15 is 0 Å². The van der Waals surface area contributed by atoms with Crippen LogP contribution < -0.4 is 10.1 Å². The van der Waals surface area contributed by atoms with E-state index < -0.39 is 0 Å². The van der Waals surface area contributed by atoms with Crippen molar-refractivity contribution in [1.29, 1.82) is 0 Å². The number of aryl methyl sites for hydroxylation is 1. The van der Waals surface area contributed by atoms with Crippen molar-refractivity contribution in [2.75, 3.05) is 12.9 Å². The molecule has 0 radical (unpaired) electrons. The fourth-order valence-corrected chi connectivity index (χ4v) is 3.49. The van der Waals surface area contributed by atoms with Crippen molar-refractivity contribution in [1.82, 2.24) is 5.32 Å². The maximum Gasteiger partial charge on any atom is 0.230 e. The maximum absolute atomic E-state index is 12.3. The van der Waals surface area contributed by atoms with Crippen molar-refractivity contribution in [3.8, 4) is 5.75 Å². The van der Waals surface area contributed by atoms with Crippen molar-refractivity contribution >= 4 is 28.6 Å². The summed E-state index contributed by atoms with van der Waals surface area (Å²) in [5.74, 6) is 1.95. The Bertz CT molecular complexity index is 870. The second-order valence-corrected chi connectivity index (χ2v) is 6.89. The van der Waals surface area contributed by atoms with Gasteiger partial charge in [-0.15, -0.1) is 11.8 Å². The largest absolute Gasteiger partial charge is 0.497 e. The van der Waals surface area contributed by atoms with Crippen LogP contribution in [-0.4, -0.2) is 18.8 Å². The van der Waals surface area contributed by atoms with Crippen LogP contribution >= 0.6 is 11.8 Å². The number of hydrogen-bond acceptors (Lipinski definition) is 4. The zero-order chi connectivity index (χ0) is 17.8. The van der Waals surface area contributed by atoms with Crippen molar-refractivity contribution in [2.45, 2.75) is 24.8 Å². The molecule has 0 aliphatic carbocycles. The summed E-state index contributed by atoms with van der Waals surface area (Å²) in [6.45, 7) is 3.97. The number of rotatable bonds is 6. The Kier molecular flexibility index (Phi) is 5.34. The highest BCUT2D eigenvalue weighted by molar-refractivity contribution is 8.00. The number of methoxy groups -OCH3 is 1. The maximum atomic E-state index is 12.3.